The Hall–Kier alpha value is -1.47. The van der Waals surface area contributed by atoms with Crippen LogP contribution in [0.3, 0.4) is 0 Å². The molecule has 0 N–H and O–H groups in total. The van der Waals surface area contributed by atoms with Gasteiger partial charge in [0.05, 0.1) is 11.6 Å². The van der Waals surface area contributed by atoms with Crippen LogP contribution in [0.25, 0.3) is 0 Å². The molecular weight excluding hydrogens is 220 g/mol. The lowest BCUT2D eigenvalue weighted by Crippen LogP contribution is -2.37. The van der Waals surface area contributed by atoms with E-state index < -0.39 is 0 Å². The highest BCUT2D eigenvalue weighted by atomic mass is 32.2. The average molecular weight is 232 g/mol. The van der Waals surface area contributed by atoms with E-state index >= 15 is 0 Å². The molecular formula is C12H12N2OS. The fourth-order valence-electron chi connectivity index (χ4n) is 1.64. The summed E-state index contributed by atoms with van der Waals surface area (Å²) in [6.07, 6.45) is 0. The van der Waals surface area contributed by atoms with Gasteiger partial charge in [0, 0.05) is 30.2 Å². The predicted molar refractivity (Wildman–Crippen MR) is 64.4 cm³/mol. The highest BCUT2D eigenvalue weighted by molar-refractivity contribution is 7.99. The van der Waals surface area contributed by atoms with Gasteiger partial charge < -0.3 is 4.90 Å². The maximum absolute atomic E-state index is 12.0. The van der Waals surface area contributed by atoms with E-state index in [1.165, 1.54) is 0 Å². The molecule has 4 heteroatoms. The van der Waals surface area contributed by atoms with Crippen LogP contribution in [0.4, 0.5) is 0 Å². The van der Waals surface area contributed by atoms with Crippen molar-refractivity contribution in [3.8, 4) is 6.07 Å². The van der Waals surface area contributed by atoms with Crippen molar-refractivity contribution >= 4 is 17.7 Å². The Balaban J connectivity index is 2.11. The topological polar surface area (TPSA) is 44.1 Å². The third-order valence-electron chi connectivity index (χ3n) is 2.56. The number of nitriles is 1. The lowest BCUT2D eigenvalue weighted by Gasteiger charge is -2.26. The Bertz CT molecular complexity index is 416. The van der Waals surface area contributed by atoms with E-state index in [2.05, 4.69) is 0 Å². The van der Waals surface area contributed by atoms with Gasteiger partial charge in [-0.05, 0) is 24.3 Å². The molecule has 1 aromatic rings. The summed E-state index contributed by atoms with van der Waals surface area (Å²) in [5.74, 6) is 2.11. The number of hydrogen-bond acceptors (Lipinski definition) is 3. The molecule has 0 bridgehead atoms. The van der Waals surface area contributed by atoms with Gasteiger partial charge in [0.15, 0.2) is 0 Å². The summed E-state index contributed by atoms with van der Waals surface area (Å²) in [7, 11) is 0. The van der Waals surface area contributed by atoms with Crippen LogP contribution in [0.5, 0.6) is 0 Å². The normalized spacial score (nSPS) is 15.6. The molecule has 0 spiro atoms. The molecule has 1 aliphatic heterocycles. The number of thioether (sulfide) groups is 1. The zero-order chi connectivity index (χ0) is 11.4. The maximum Gasteiger partial charge on any atom is 0.253 e. The number of carbonyl (C=O) groups excluding carboxylic acids is 1. The predicted octanol–water partition coefficient (Wildman–Crippen LogP) is 1.75. The first-order chi connectivity index (χ1) is 7.81. The third-order valence-corrected chi connectivity index (χ3v) is 3.50. The van der Waals surface area contributed by atoms with E-state index in [9.17, 15) is 4.79 Å². The van der Waals surface area contributed by atoms with Crippen LogP contribution in [0.2, 0.25) is 0 Å². The number of benzene rings is 1. The van der Waals surface area contributed by atoms with E-state index in [1.807, 2.05) is 22.7 Å². The highest BCUT2D eigenvalue weighted by Crippen LogP contribution is 2.13. The van der Waals surface area contributed by atoms with Gasteiger partial charge in [0.2, 0.25) is 0 Å². The lowest BCUT2D eigenvalue weighted by atomic mass is 10.1. The van der Waals surface area contributed by atoms with E-state index in [0.29, 0.717) is 11.1 Å². The van der Waals surface area contributed by atoms with Gasteiger partial charge in [-0.25, -0.2) is 0 Å². The first-order valence-corrected chi connectivity index (χ1v) is 6.34. The summed E-state index contributed by atoms with van der Waals surface area (Å²) in [6, 6.07) is 8.87. The highest BCUT2D eigenvalue weighted by Gasteiger charge is 2.17. The summed E-state index contributed by atoms with van der Waals surface area (Å²) >= 11 is 1.88. The molecule has 82 valence electrons. The zero-order valence-corrected chi connectivity index (χ0v) is 9.67. The van der Waals surface area contributed by atoms with Crippen molar-refractivity contribution in [1.29, 1.82) is 5.26 Å². The van der Waals surface area contributed by atoms with Gasteiger partial charge in [-0.1, -0.05) is 0 Å². The minimum absolute atomic E-state index is 0.0739. The van der Waals surface area contributed by atoms with Gasteiger partial charge in [0.1, 0.15) is 0 Å². The Labute approximate surface area is 99.1 Å². The molecule has 1 saturated heterocycles. The quantitative estimate of drug-likeness (QED) is 0.741. The summed E-state index contributed by atoms with van der Waals surface area (Å²) in [4.78, 5) is 13.9. The molecule has 0 aliphatic carbocycles. The Morgan fingerprint density at radius 3 is 2.44 bits per heavy atom. The van der Waals surface area contributed by atoms with Crippen LogP contribution in [-0.4, -0.2) is 35.4 Å². The number of hydrogen-bond donors (Lipinski definition) is 0. The van der Waals surface area contributed by atoms with Crippen LogP contribution in [-0.2, 0) is 0 Å². The molecule has 0 unspecified atom stereocenters. The fraction of sp³-hybridized carbons (Fsp3) is 0.333. The number of amides is 1. The van der Waals surface area contributed by atoms with Crippen molar-refractivity contribution in [3.05, 3.63) is 35.4 Å². The average Bonchev–Trinajstić information content (AvgIpc) is 2.39. The van der Waals surface area contributed by atoms with Gasteiger partial charge in [-0.2, -0.15) is 17.0 Å². The van der Waals surface area contributed by atoms with Crippen LogP contribution >= 0.6 is 11.8 Å². The van der Waals surface area contributed by atoms with E-state index in [1.54, 1.807) is 24.3 Å². The van der Waals surface area contributed by atoms with Crippen molar-refractivity contribution < 1.29 is 4.79 Å². The standard InChI is InChI=1S/C12H12N2OS/c13-9-10-1-3-11(4-2-10)12(15)14-5-7-16-8-6-14/h1-4H,5-8H2. The molecule has 1 amide bonds. The van der Waals surface area contributed by atoms with E-state index in [0.717, 1.165) is 24.6 Å². The van der Waals surface area contributed by atoms with Crippen molar-refractivity contribution in [3.63, 3.8) is 0 Å². The largest absolute Gasteiger partial charge is 0.337 e. The number of rotatable bonds is 1. The minimum atomic E-state index is 0.0739. The van der Waals surface area contributed by atoms with Gasteiger partial charge in [0.25, 0.3) is 5.91 Å². The molecule has 16 heavy (non-hydrogen) atoms. The van der Waals surface area contributed by atoms with Crippen molar-refractivity contribution in [1.82, 2.24) is 4.90 Å². The maximum atomic E-state index is 12.0. The fourth-order valence-corrected chi connectivity index (χ4v) is 2.54. The third kappa shape index (κ3) is 2.37. The van der Waals surface area contributed by atoms with Crippen molar-refractivity contribution in [2.24, 2.45) is 0 Å². The molecule has 0 saturated carbocycles. The molecule has 1 aliphatic rings. The second-order valence-corrected chi connectivity index (χ2v) is 4.82. The minimum Gasteiger partial charge on any atom is -0.337 e. The smallest absolute Gasteiger partial charge is 0.253 e. The molecule has 2 rings (SSSR count). The molecule has 3 nitrogen and oxygen atoms in total. The second-order valence-electron chi connectivity index (χ2n) is 3.59. The molecule has 1 heterocycles. The molecule has 1 aromatic carbocycles. The first kappa shape index (κ1) is 11.0. The Morgan fingerprint density at radius 2 is 1.88 bits per heavy atom. The van der Waals surface area contributed by atoms with Gasteiger partial charge in [-0.15, -0.1) is 0 Å². The van der Waals surface area contributed by atoms with Crippen LogP contribution < -0.4 is 0 Å². The van der Waals surface area contributed by atoms with Crippen LogP contribution in [0.15, 0.2) is 24.3 Å². The lowest BCUT2D eigenvalue weighted by molar-refractivity contribution is 0.0772. The van der Waals surface area contributed by atoms with Crippen molar-refractivity contribution in [2.45, 2.75) is 0 Å². The number of nitrogens with zero attached hydrogens (tertiary/aromatic N) is 2. The van der Waals surface area contributed by atoms with E-state index in [-0.39, 0.29) is 5.91 Å². The molecule has 0 radical (unpaired) electrons. The Morgan fingerprint density at radius 1 is 1.25 bits per heavy atom. The van der Waals surface area contributed by atoms with Crippen LogP contribution in [0, 0.1) is 11.3 Å². The van der Waals surface area contributed by atoms with Crippen LogP contribution in [0.1, 0.15) is 15.9 Å². The summed E-state index contributed by atoms with van der Waals surface area (Å²) in [6.45, 7) is 1.65. The zero-order valence-electron chi connectivity index (χ0n) is 8.85. The Kier molecular flexibility index (Phi) is 3.47. The SMILES string of the molecule is N#Cc1ccc(C(=O)N2CCSCC2)cc1. The van der Waals surface area contributed by atoms with Crippen molar-refractivity contribution in [2.75, 3.05) is 24.6 Å². The number of carbonyl (C=O) groups is 1. The summed E-state index contributed by atoms with van der Waals surface area (Å²) in [5.41, 5.74) is 1.26. The first-order valence-electron chi connectivity index (χ1n) is 5.18. The summed E-state index contributed by atoms with van der Waals surface area (Å²) < 4.78 is 0. The van der Waals surface area contributed by atoms with Gasteiger partial charge in [-0.3, -0.25) is 4.79 Å². The molecule has 0 atom stereocenters. The summed E-state index contributed by atoms with van der Waals surface area (Å²) in [5, 5.41) is 8.67. The molecule has 1 fully saturated rings. The molecule has 0 aromatic heterocycles. The second kappa shape index (κ2) is 5.04. The van der Waals surface area contributed by atoms with E-state index in [4.69, 9.17) is 5.26 Å². The van der Waals surface area contributed by atoms with Gasteiger partial charge >= 0.3 is 0 Å². The monoisotopic (exact) mass is 232 g/mol.